The summed E-state index contributed by atoms with van der Waals surface area (Å²) >= 11 is 1.35. The first-order valence-electron chi connectivity index (χ1n) is 8.98. The van der Waals surface area contributed by atoms with Gasteiger partial charge in [0, 0.05) is 24.7 Å². The minimum absolute atomic E-state index is 0.0158. The Bertz CT molecular complexity index is 1030. The van der Waals surface area contributed by atoms with Crippen LogP contribution in [0.3, 0.4) is 0 Å². The third kappa shape index (κ3) is 3.71. The molecule has 0 atom stereocenters. The molecule has 1 aliphatic rings. The summed E-state index contributed by atoms with van der Waals surface area (Å²) in [6.07, 6.45) is 2.89. The van der Waals surface area contributed by atoms with E-state index in [1.165, 1.54) is 17.7 Å². The summed E-state index contributed by atoms with van der Waals surface area (Å²) < 4.78 is 0.544. The predicted molar refractivity (Wildman–Crippen MR) is 108 cm³/mol. The molecule has 0 aliphatic carbocycles. The molecule has 1 aliphatic heterocycles. The minimum Gasteiger partial charge on any atom is -0.348 e. The van der Waals surface area contributed by atoms with Crippen LogP contribution in [0, 0.1) is 19.8 Å². The SMILES string of the molecule is Cc1cc(C)cc(NC(=O)C2CCN(c3nc4nc[nH]c(=O)c4s3)CC2)c1. The topological polar surface area (TPSA) is 91.0 Å². The van der Waals surface area contributed by atoms with Gasteiger partial charge in [0.2, 0.25) is 5.91 Å². The maximum absolute atomic E-state index is 12.6. The number of fused-ring (bicyclic) bond motifs is 1. The van der Waals surface area contributed by atoms with E-state index < -0.39 is 0 Å². The van der Waals surface area contributed by atoms with E-state index in [1.54, 1.807) is 0 Å². The zero-order chi connectivity index (χ0) is 19.0. The van der Waals surface area contributed by atoms with Crippen LogP contribution >= 0.6 is 11.3 Å². The van der Waals surface area contributed by atoms with Crippen molar-refractivity contribution in [2.75, 3.05) is 23.3 Å². The fraction of sp³-hybridized carbons (Fsp3) is 0.368. The predicted octanol–water partition coefficient (Wildman–Crippen LogP) is 2.85. The molecule has 1 saturated heterocycles. The second-order valence-corrected chi connectivity index (χ2v) is 7.99. The van der Waals surface area contributed by atoms with Crippen LogP contribution in [0.25, 0.3) is 10.3 Å². The monoisotopic (exact) mass is 383 g/mol. The third-order valence-electron chi connectivity index (χ3n) is 4.81. The number of hydrogen-bond acceptors (Lipinski definition) is 6. The molecule has 1 fully saturated rings. The second kappa shape index (κ2) is 7.11. The van der Waals surface area contributed by atoms with Gasteiger partial charge in [0.15, 0.2) is 10.8 Å². The number of rotatable bonds is 3. The number of aromatic nitrogens is 3. The number of carbonyl (C=O) groups is 1. The highest BCUT2D eigenvalue weighted by Crippen LogP contribution is 2.29. The third-order valence-corrected chi connectivity index (χ3v) is 5.92. The van der Waals surface area contributed by atoms with Crippen LogP contribution in [-0.2, 0) is 4.79 Å². The first-order chi connectivity index (χ1) is 13.0. The first-order valence-corrected chi connectivity index (χ1v) is 9.79. The number of nitrogens with one attached hydrogen (secondary N) is 2. The number of H-pyrrole nitrogens is 1. The van der Waals surface area contributed by atoms with Gasteiger partial charge in [-0.1, -0.05) is 17.4 Å². The molecule has 3 aromatic rings. The fourth-order valence-electron chi connectivity index (χ4n) is 3.51. The summed E-state index contributed by atoms with van der Waals surface area (Å²) in [7, 11) is 0. The van der Waals surface area contributed by atoms with Crippen LogP contribution in [0.1, 0.15) is 24.0 Å². The van der Waals surface area contributed by atoms with Crippen molar-refractivity contribution in [2.24, 2.45) is 5.92 Å². The Kier molecular flexibility index (Phi) is 4.65. The molecule has 0 spiro atoms. The standard InChI is InChI=1S/C19H21N5O2S/c1-11-7-12(2)9-14(8-11)22-17(25)13-3-5-24(6-4-13)19-23-16-15(27-19)18(26)21-10-20-16/h7-10,13H,3-6H2,1-2H3,(H,22,25)(H,20,21,26). The summed E-state index contributed by atoms with van der Waals surface area (Å²) in [4.78, 5) is 37.8. The van der Waals surface area contributed by atoms with Crippen LogP contribution < -0.4 is 15.8 Å². The quantitative estimate of drug-likeness (QED) is 0.726. The Morgan fingerprint density at radius 1 is 1.22 bits per heavy atom. The largest absolute Gasteiger partial charge is 0.348 e. The van der Waals surface area contributed by atoms with Crippen LogP contribution in [0.2, 0.25) is 0 Å². The fourth-order valence-corrected chi connectivity index (χ4v) is 4.48. The summed E-state index contributed by atoms with van der Waals surface area (Å²) in [6, 6.07) is 6.07. The Morgan fingerprint density at radius 3 is 2.59 bits per heavy atom. The molecule has 27 heavy (non-hydrogen) atoms. The number of thiazole rings is 1. The van der Waals surface area contributed by atoms with Gasteiger partial charge in [-0.05, 0) is 49.9 Å². The minimum atomic E-state index is -0.161. The second-order valence-electron chi connectivity index (χ2n) is 7.01. The van der Waals surface area contributed by atoms with Gasteiger partial charge in [-0.2, -0.15) is 4.98 Å². The number of hydrogen-bond donors (Lipinski definition) is 2. The lowest BCUT2D eigenvalue weighted by atomic mass is 9.96. The van der Waals surface area contributed by atoms with E-state index in [1.807, 2.05) is 26.0 Å². The van der Waals surface area contributed by atoms with Crippen molar-refractivity contribution < 1.29 is 4.79 Å². The maximum Gasteiger partial charge on any atom is 0.270 e. The molecule has 0 unspecified atom stereocenters. The molecule has 8 heteroatoms. The normalized spacial score (nSPS) is 15.3. The molecule has 0 saturated carbocycles. The van der Waals surface area contributed by atoms with E-state index in [0.717, 1.165) is 47.9 Å². The summed E-state index contributed by atoms with van der Waals surface area (Å²) in [5.74, 6) is 0.0556. The van der Waals surface area contributed by atoms with Crippen molar-refractivity contribution in [2.45, 2.75) is 26.7 Å². The van der Waals surface area contributed by atoms with Crippen molar-refractivity contribution in [3.8, 4) is 0 Å². The van der Waals surface area contributed by atoms with E-state index in [4.69, 9.17) is 0 Å². The summed E-state index contributed by atoms with van der Waals surface area (Å²) in [5, 5.41) is 3.84. The number of piperidine rings is 1. The van der Waals surface area contributed by atoms with E-state index in [-0.39, 0.29) is 17.4 Å². The highest BCUT2D eigenvalue weighted by Gasteiger charge is 2.27. The summed E-state index contributed by atoms with van der Waals surface area (Å²) in [6.45, 7) is 5.53. The first kappa shape index (κ1) is 17.7. The van der Waals surface area contributed by atoms with Crippen LogP contribution in [0.5, 0.6) is 0 Å². The molecule has 3 heterocycles. The van der Waals surface area contributed by atoms with Crippen LogP contribution in [-0.4, -0.2) is 33.9 Å². The van der Waals surface area contributed by atoms with Gasteiger partial charge < -0.3 is 15.2 Å². The van der Waals surface area contributed by atoms with Crippen LogP contribution in [0.15, 0.2) is 29.3 Å². The Balaban J connectivity index is 1.41. The number of anilines is 2. The lowest BCUT2D eigenvalue weighted by Crippen LogP contribution is -2.38. The lowest BCUT2D eigenvalue weighted by molar-refractivity contribution is -0.120. The molecule has 0 radical (unpaired) electrons. The van der Waals surface area contributed by atoms with Crippen LogP contribution in [0.4, 0.5) is 10.8 Å². The van der Waals surface area contributed by atoms with Crippen molar-refractivity contribution in [3.05, 3.63) is 46.0 Å². The Hall–Kier alpha value is -2.74. The van der Waals surface area contributed by atoms with Crippen molar-refractivity contribution in [1.82, 2.24) is 15.0 Å². The molecular weight excluding hydrogens is 362 g/mol. The molecule has 1 aromatic carbocycles. The van der Waals surface area contributed by atoms with Gasteiger partial charge >= 0.3 is 0 Å². The van der Waals surface area contributed by atoms with E-state index >= 15 is 0 Å². The highest BCUT2D eigenvalue weighted by molar-refractivity contribution is 7.22. The van der Waals surface area contributed by atoms with E-state index in [2.05, 4.69) is 31.2 Å². The zero-order valence-corrected chi connectivity index (χ0v) is 16.1. The Labute approximate surface area is 160 Å². The van der Waals surface area contributed by atoms with Gasteiger partial charge in [0.1, 0.15) is 4.70 Å². The average molecular weight is 383 g/mol. The van der Waals surface area contributed by atoms with E-state index in [0.29, 0.717) is 10.3 Å². The van der Waals surface area contributed by atoms with E-state index in [9.17, 15) is 9.59 Å². The molecule has 0 bridgehead atoms. The van der Waals surface area contributed by atoms with Gasteiger partial charge in [-0.25, -0.2) is 4.98 Å². The number of amides is 1. The lowest BCUT2D eigenvalue weighted by Gasteiger charge is -2.31. The molecule has 7 nitrogen and oxygen atoms in total. The number of aryl methyl sites for hydroxylation is 2. The molecule has 1 amide bonds. The molecule has 2 N–H and O–H groups in total. The average Bonchev–Trinajstić information content (AvgIpc) is 3.07. The number of aromatic amines is 1. The summed E-state index contributed by atoms with van der Waals surface area (Å²) in [5.41, 5.74) is 3.45. The smallest absolute Gasteiger partial charge is 0.270 e. The van der Waals surface area contributed by atoms with Crippen molar-refractivity contribution in [1.29, 1.82) is 0 Å². The highest BCUT2D eigenvalue weighted by atomic mass is 32.1. The number of nitrogens with zero attached hydrogens (tertiary/aromatic N) is 3. The van der Waals surface area contributed by atoms with Gasteiger partial charge in [-0.3, -0.25) is 9.59 Å². The number of carbonyl (C=O) groups excluding carboxylic acids is 1. The Morgan fingerprint density at radius 2 is 1.93 bits per heavy atom. The number of benzene rings is 1. The maximum atomic E-state index is 12.6. The zero-order valence-electron chi connectivity index (χ0n) is 15.3. The van der Waals surface area contributed by atoms with Gasteiger partial charge in [-0.15, -0.1) is 0 Å². The molecule has 2 aromatic heterocycles. The molecule has 140 valence electrons. The molecule has 4 rings (SSSR count). The van der Waals surface area contributed by atoms with Crippen molar-refractivity contribution in [3.63, 3.8) is 0 Å². The molecular formula is C19H21N5O2S. The van der Waals surface area contributed by atoms with Crippen molar-refractivity contribution >= 4 is 38.4 Å². The van der Waals surface area contributed by atoms with Gasteiger partial charge in [0.05, 0.1) is 6.33 Å². The van der Waals surface area contributed by atoms with Gasteiger partial charge in [0.25, 0.3) is 5.56 Å².